The fraction of sp³-hybridized carbons (Fsp3) is 1.00. The Morgan fingerprint density at radius 1 is 1.25 bits per heavy atom. The van der Waals surface area contributed by atoms with Gasteiger partial charge in [-0.25, -0.2) is 0 Å². The average Bonchev–Trinajstić information content (AvgIpc) is 1.69. The monoisotopic (exact) mass is 143 g/mol. The molecular weight excluding hydrogens is 126 g/mol. The molecule has 0 heterocycles. The summed E-state index contributed by atoms with van der Waals surface area (Å²) in [4.78, 5) is 0. The van der Waals surface area contributed by atoms with Crippen LogP contribution in [-0.2, 0) is 0 Å². The molecule has 0 aromatic heterocycles. The largest absolute Gasteiger partial charge is 2.00 e. The molecule has 0 atom stereocenters. The minimum atomic E-state index is 0. The molecule has 0 saturated heterocycles. The molecule has 0 aliphatic rings. The van der Waals surface area contributed by atoms with Crippen LogP contribution in [0.4, 0.5) is 0 Å². The van der Waals surface area contributed by atoms with Gasteiger partial charge in [-0.1, -0.05) is 26.2 Å². The zero-order valence-corrected chi connectivity index (χ0v) is 8.03. The number of hydrogen-bond acceptors (Lipinski definition) is 1. The molecule has 0 rings (SSSR count). The summed E-state index contributed by atoms with van der Waals surface area (Å²) in [6.45, 7) is 3.07. The molecule has 0 aliphatic heterocycles. The third-order valence-corrected chi connectivity index (χ3v) is 1.06. The first-order valence-corrected chi connectivity index (χ1v) is 3.12. The summed E-state index contributed by atoms with van der Waals surface area (Å²) in [5.41, 5.74) is 5.27. The standard InChI is InChI=1S/C6H15N.Ca.2H/c1-2-3-4-5-6-7;;;/h2-7H2,1H3;;;/q;+2;2*-1. The van der Waals surface area contributed by atoms with Crippen LogP contribution in [0.1, 0.15) is 35.5 Å². The molecule has 2 heteroatoms. The van der Waals surface area contributed by atoms with Crippen LogP contribution in [0.25, 0.3) is 0 Å². The number of unbranched alkanes of at least 4 members (excludes halogenated alkanes) is 3. The summed E-state index contributed by atoms with van der Waals surface area (Å²) >= 11 is 0. The van der Waals surface area contributed by atoms with Crippen molar-refractivity contribution in [1.82, 2.24) is 0 Å². The third kappa shape index (κ3) is 10.3. The van der Waals surface area contributed by atoms with Crippen LogP contribution in [0.2, 0.25) is 0 Å². The van der Waals surface area contributed by atoms with Crippen molar-refractivity contribution in [1.29, 1.82) is 0 Å². The minimum absolute atomic E-state index is 0. The summed E-state index contributed by atoms with van der Waals surface area (Å²) in [6, 6.07) is 0. The van der Waals surface area contributed by atoms with E-state index in [4.69, 9.17) is 5.73 Å². The normalized spacial score (nSPS) is 8.25. The summed E-state index contributed by atoms with van der Waals surface area (Å²) in [5, 5.41) is 0. The van der Waals surface area contributed by atoms with Gasteiger partial charge >= 0.3 is 37.7 Å². The number of hydrogen-bond donors (Lipinski definition) is 1. The van der Waals surface area contributed by atoms with E-state index in [0.29, 0.717) is 0 Å². The number of rotatable bonds is 4. The molecule has 0 aromatic rings. The second-order valence-electron chi connectivity index (χ2n) is 1.85. The van der Waals surface area contributed by atoms with Crippen molar-refractivity contribution in [3.63, 3.8) is 0 Å². The maximum Gasteiger partial charge on any atom is 2.00 e. The first kappa shape index (κ1) is 12.0. The van der Waals surface area contributed by atoms with E-state index in [1.807, 2.05) is 0 Å². The van der Waals surface area contributed by atoms with Crippen molar-refractivity contribution < 1.29 is 2.85 Å². The van der Waals surface area contributed by atoms with E-state index in [1.165, 1.54) is 25.7 Å². The van der Waals surface area contributed by atoms with Gasteiger partial charge in [0, 0.05) is 0 Å². The van der Waals surface area contributed by atoms with Gasteiger partial charge in [0.15, 0.2) is 0 Å². The van der Waals surface area contributed by atoms with Crippen molar-refractivity contribution >= 4 is 37.7 Å². The molecule has 2 N–H and O–H groups in total. The molecule has 0 amide bonds. The van der Waals surface area contributed by atoms with Gasteiger partial charge in [0.25, 0.3) is 0 Å². The van der Waals surface area contributed by atoms with E-state index >= 15 is 0 Å². The first-order chi connectivity index (χ1) is 3.41. The van der Waals surface area contributed by atoms with Crippen LogP contribution in [0.5, 0.6) is 0 Å². The predicted molar refractivity (Wildman–Crippen MR) is 41.2 cm³/mol. The smallest absolute Gasteiger partial charge is 1.00 e. The summed E-state index contributed by atoms with van der Waals surface area (Å²) < 4.78 is 0. The number of nitrogens with two attached hydrogens (primary N) is 1. The second kappa shape index (κ2) is 11.1. The van der Waals surface area contributed by atoms with E-state index in [-0.39, 0.29) is 40.6 Å². The maximum atomic E-state index is 5.27. The molecule has 0 saturated carbocycles. The average molecular weight is 143 g/mol. The van der Waals surface area contributed by atoms with Crippen molar-refractivity contribution in [2.45, 2.75) is 32.6 Å². The van der Waals surface area contributed by atoms with Crippen molar-refractivity contribution in [2.75, 3.05) is 6.54 Å². The predicted octanol–water partition coefficient (Wildman–Crippen LogP) is 1.37. The molecule has 0 spiro atoms. The van der Waals surface area contributed by atoms with Gasteiger partial charge in [0.2, 0.25) is 0 Å². The van der Waals surface area contributed by atoms with Crippen LogP contribution in [0.15, 0.2) is 0 Å². The Bertz CT molecular complexity index is 34.9. The quantitative estimate of drug-likeness (QED) is 0.467. The zero-order chi connectivity index (χ0) is 5.54. The Labute approximate surface area is 85.0 Å². The molecule has 1 nitrogen and oxygen atoms in total. The molecule has 0 radical (unpaired) electrons. The van der Waals surface area contributed by atoms with Crippen LogP contribution in [0.3, 0.4) is 0 Å². The van der Waals surface area contributed by atoms with Gasteiger partial charge < -0.3 is 8.59 Å². The van der Waals surface area contributed by atoms with Crippen molar-refractivity contribution in [3.05, 3.63) is 0 Å². The van der Waals surface area contributed by atoms with E-state index < -0.39 is 0 Å². The van der Waals surface area contributed by atoms with Gasteiger partial charge in [-0.15, -0.1) is 0 Å². The van der Waals surface area contributed by atoms with Gasteiger partial charge in [-0.05, 0) is 13.0 Å². The van der Waals surface area contributed by atoms with Gasteiger partial charge in [0.05, 0.1) is 0 Å². The molecule has 0 fully saturated rings. The Balaban J connectivity index is -0.0000000600. The summed E-state index contributed by atoms with van der Waals surface area (Å²) in [5.74, 6) is 0. The Kier molecular flexibility index (Phi) is 16.5. The molecule has 0 aromatic carbocycles. The topological polar surface area (TPSA) is 26.0 Å². The molecule has 48 valence electrons. The minimum Gasteiger partial charge on any atom is -1.00 e. The van der Waals surface area contributed by atoms with E-state index in [9.17, 15) is 0 Å². The maximum absolute atomic E-state index is 5.27. The SMILES string of the molecule is CCCCCCN.[Ca+2].[H-].[H-]. The van der Waals surface area contributed by atoms with Crippen LogP contribution < -0.4 is 5.73 Å². The molecule has 0 bridgehead atoms. The molecule has 8 heavy (non-hydrogen) atoms. The van der Waals surface area contributed by atoms with Gasteiger partial charge in [-0.3, -0.25) is 0 Å². The van der Waals surface area contributed by atoms with E-state index in [1.54, 1.807) is 0 Å². The van der Waals surface area contributed by atoms with Crippen LogP contribution in [-0.4, -0.2) is 44.3 Å². The summed E-state index contributed by atoms with van der Waals surface area (Å²) in [6.07, 6.45) is 5.16. The second-order valence-corrected chi connectivity index (χ2v) is 1.85. The fourth-order valence-corrected chi connectivity index (χ4v) is 0.571. The first-order valence-electron chi connectivity index (χ1n) is 3.12. The fourth-order valence-electron chi connectivity index (χ4n) is 0.571. The third-order valence-electron chi connectivity index (χ3n) is 1.06. The molecular formula is C6H17CaN. The van der Waals surface area contributed by atoms with Gasteiger partial charge in [-0.2, -0.15) is 0 Å². The zero-order valence-electron chi connectivity index (χ0n) is 7.82. The molecule has 0 aliphatic carbocycles. The van der Waals surface area contributed by atoms with Gasteiger partial charge in [0.1, 0.15) is 0 Å². The summed E-state index contributed by atoms with van der Waals surface area (Å²) in [7, 11) is 0. The van der Waals surface area contributed by atoms with E-state index in [0.717, 1.165) is 6.54 Å². The van der Waals surface area contributed by atoms with Crippen molar-refractivity contribution in [3.8, 4) is 0 Å². The van der Waals surface area contributed by atoms with Crippen LogP contribution >= 0.6 is 0 Å². The van der Waals surface area contributed by atoms with E-state index in [2.05, 4.69) is 6.92 Å². The molecule has 0 unspecified atom stereocenters. The van der Waals surface area contributed by atoms with Crippen LogP contribution in [0, 0.1) is 0 Å². The van der Waals surface area contributed by atoms with Crippen molar-refractivity contribution in [2.24, 2.45) is 5.73 Å². The Morgan fingerprint density at radius 3 is 2.25 bits per heavy atom. The Hall–Kier alpha value is 1.22. The Morgan fingerprint density at radius 2 is 1.88 bits per heavy atom.